The van der Waals surface area contributed by atoms with Crippen LogP contribution in [0.2, 0.25) is 0 Å². The van der Waals surface area contributed by atoms with Gasteiger partial charge in [0.2, 0.25) is 0 Å². The number of fused-ring (bicyclic) bond motifs is 1. The minimum atomic E-state index is -0.153. The molecule has 0 radical (unpaired) electrons. The molecule has 90 valence electrons. The van der Waals surface area contributed by atoms with Gasteiger partial charge < -0.3 is 10.4 Å². The first-order valence-corrected chi connectivity index (χ1v) is 6.87. The van der Waals surface area contributed by atoms with E-state index in [1.807, 2.05) is 0 Å². The smallest absolute Gasteiger partial charge is 0.103 e. The maximum Gasteiger partial charge on any atom is 0.103 e. The Labute approximate surface area is 97.3 Å². The van der Waals surface area contributed by atoms with Gasteiger partial charge in [0.15, 0.2) is 0 Å². The molecule has 0 spiro atoms. The molecule has 2 fully saturated rings. The van der Waals surface area contributed by atoms with E-state index in [1.165, 1.54) is 38.5 Å². The summed E-state index contributed by atoms with van der Waals surface area (Å²) in [5.41, 5.74) is 0. The predicted octanol–water partition coefficient (Wildman–Crippen LogP) is 1.85. The number of nitrogens with zero attached hydrogens (tertiary/aromatic N) is 1. The minimum Gasteiger partial charge on any atom is -0.392 e. The van der Waals surface area contributed by atoms with E-state index in [4.69, 9.17) is 4.99 Å². The number of nitrogens with one attached hydrogen (secondary N) is 1. The summed E-state index contributed by atoms with van der Waals surface area (Å²) in [6.07, 6.45) is 9.52. The lowest BCUT2D eigenvalue weighted by atomic mass is 9.85. The molecule has 16 heavy (non-hydrogen) atoms. The van der Waals surface area contributed by atoms with Crippen LogP contribution in [0.25, 0.3) is 0 Å². The van der Waals surface area contributed by atoms with E-state index >= 15 is 0 Å². The summed E-state index contributed by atoms with van der Waals surface area (Å²) in [4.78, 5) is 4.83. The highest BCUT2D eigenvalue weighted by Crippen LogP contribution is 2.31. The van der Waals surface area contributed by atoms with Gasteiger partial charge in [-0.05, 0) is 25.7 Å². The number of rotatable bonds is 1. The zero-order valence-corrected chi connectivity index (χ0v) is 9.86. The molecule has 3 aliphatic rings. The Morgan fingerprint density at radius 3 is 2.56 bits per heavy atom. The second-order valence-electron chi connectivity index (χ2n) is 5.58. The van der Waals surface area contributed by atoms with Crippen LogP contribution < -0.4 is 5.32 Å². The van der Waals surface area contributed by atoms with Crippen molar-refractivity contribution in [3.63, 3.8) is 0 Å². The Kier molecular flexibility index (Phi) is 2.88. The maximum atomic E-state index is 10.0. The topological polar surface area (TPSA) is 44.6 Å². The van der Waals surface area contributed by atoms with Crippen molar-refractivity contribution in [1.29, 1.82) is 0 Å². The molecule has 2 N–H and O–H groups in total. The highest BCUT2D eigenvalue weighted by atomic mass is 16.3. The van der Waals surface area contributed by atoms with Crippen LogP contribution in [0.15, 0.2) is 4.99 Å². The molecule has 1 heterocycles. The molecule has 4 atom stereocenters. The first-order chi connectivity index (χ1) is 7.84. The lowest BCUT2D eigenvalue weighted by Gasteiger charge is -2.28. The van der Waals surface area contributed by atoms with Gasteiger partial charge in [0.05, 0.1) is 12.1 Å². The number of hydrogen-bond donors (Lipinski definition) is 2. The number of aliphatic hydroxyl groups is 1. The van der Waals surface area contributed by atoms with Crippen molar-refractivity contribution in [3.05, 3.63) is 0 Å². The van der Waals surface area contributed by atoms with Crippen LogP contribution >= 0.6 is 0 Å². The summed E-state index contributed by atoms with van der Waals surface area (Å²) in [5, 5.41) is 13.6. The van der Waals surface area contributed by atoms with Gasteiger partial charge >= 0.3 is 0 Å². The van der Waals surface area contributed by atoms with Gasteiger partial charge in [-0.15, -0.1) is 0 Å². The zero-order valence-electron chi connectivity index (χ0n) is 9.86. The van der Waals surface area contributed by atoms with E-state index in [0.717, 1.165) is 18.7 Å². The number of aliphatic imine (C=N–C) groups is 1. The summed E-state index contributed by atoms with van der Waals surface area (Å²) < 4.78 is 0. The SMILES string of the molecule is OC1CCCCC1C1=NC2CCCCC2N1. The summed E-state index contributed by atoms with van der Waals surface area (Å²) in [7, 11) is 0. The van der Waals surface area contributed by atoms with Crippen molar-refractivity contribution >= 4 is 5.84 Å². The minimum absolute atomic E-state index is 0.153. The lowest BCUT2D eigenvalue weighted by Crippen LogP contribution is -2.42. The van der Waals surface area contributed by atoms with Crippen molar-refractivity contribution < 1.29 is 5.11 Å². The Morgan fingerprint density at radius 2 is 1.75 bits per heavy atom. The molecular weight excluding hydrogens is 200 g/mol. The van der Waals surface area contributed by atoms with E-state index in [9.17, 15) is 5.11 Å². The number of aliphatic hydroxyl groups excluding tert-OH is 1. The van der Waals surface area contributed by atoms with Crippen LogP contribution in [0.3, 0.4) is 0 Å². The molecule has 0 aromatic heterocycles. The Balaban J connectivity index is 1.70. The van der Waals surface area contributed by atoms with Gasteiger partial charge in [-0.1, -0.05) is 25.7 Å². The van der Waals surface area contributed by atoms with Crippen LogP contribution in [0, 0.1) is 5.92 Å². The summed E-state index contributed by atoms with van der Waals surface area (Å²) in [5.74, 6) is 1.43. The standard InChI is InChI=1S/C13H22N2O/c16-12-8-4-1-5-9(12)13-14-10-6-2-3-7-11(10)15-13/h9-12,16H,1-8H2,(H,14,15). The first kappa shape index (κ1) is 10.6. The Morgan fingerprint density at radius 1 is 1.00 bits per heavy atom. The molecule has 0 bridgehead atoms. The van der Waals surface area contributed by atoms with Crippen molar-refractivity contribution in [2.24, 2.45) is 10.9 Å². The van der Waals surface area contributed by atoms with E-state index in [-0.39, 0.29) is 6.10 Å². The number of hydrogen-bond acceptors (Lipinski definition) is 3. The third-order valence-electron chi connectivity index (χ3n) is 4.45. The normalized spacial score (nSPS) is 43.4. The Hall–Kier alpha value is -0.570. The third kappa shape index (κ3) is 1.86. The van der Waals surface area contributed by atoms with Crippen molar-refractivity contribution in [2.45, 2.75) is 69.6 Å². The van der Waals surface area contributed by atoms with Gasteiger partial charge in [-0.2, -0.15) is 0 Å². The van der Waals surface area contributed by atoms with Crippen LogP contribution in [-0.2, 0) is 0 Å². The summed E-state index contributed by atoms with van der Waals surface area (Å²) >= 11 is 0. The molecule has 3 nitrogen and oxygen atoms in total. The fraction of sp³-hybridized carbons (Fsp3) is 0.923. The first-order valence-electron chi connectivity index (χ1n) is 6.87. The van der Waals surface area contributed by atoms with E-state index < -0.39 is 0 Å². The third-order valence-corrected chi connectivity index (χ3v) is 4.45. The molecule has 0 aromatic carbocycles. The van der Waals surface area contributed by atoms with Crippen molar-refractivity contribution in [3.8, 4) is 0 Å². The predicted molar refractivity (Wildman–Crippen MR) is 64.6 cm³/mol. The fourth-order valence-electron chi connectivity index (χ4n) is 3.47. The molecule has 3 heteroatoms. The molecule has 0 aromatic rings. The number of amidine groups is 1. The van der Waals surface area contributed by atoms with Crippen molar-refractivity contribution in [1.82, 2.24) is 5.32 Å². The van der Waals surface area contributed by atoms with E-state index in [2.05, 4.69) is 5.32 Å². The zero-order chi connectivity index (χ0) is 11.0. The maximum absolute atomic E-state index is 10.0. The van der Waals surface area contributed by atoms with E-state index in [0.29, 0.717) is 18.0 Å². The fourth-order valence-corrected chi connectivity index (χ4v) is 3.47. The summed E-state index contributed by atoms with van der Waals surface area (Å²) in [6, 6.07) is 1.09. The van der Waals surface area contributed by atoms with Crippen LogP contribution in [0.1, 0.15) is 51.4 Å². The van der Waals surface area contributed by atoms with Gasteiger partial charge in [0.1, 0.15) is 5.84 Å². The molecule has 2 aliphatic carbocycles. The average molecular weight is 222 g/mol. The molecule has 4 unspecified atom stereocenters. The highest BCUT2D eigenvalue weighted by molar-refractivity contribution is 5.87. The molecule has 3 rings (SSSR count). The molecule has 0 amide bonds. The quantitative estimate of drug-likeness (QED) is 0.711. The second-order valence-corrected chi connectivity index (χ2v) is 5.58. The van der Waals surface area contributed by atoms with Crippen LogP contribution in [-0.4, -0.2) is 29.1 Å². The van der Waals surface area contributed by atoms with Crippen LogP contribution in [0.5, 0.6) is 0 Å². The molecule has 1 aliphatic heterocycles. The van der Waals surface area contributed by atoms with Gasteiger partial charge in [-0.3, -0.25) is 4.99 Å². The molecule has 0 saturated heterocycles. The second kappa shape index (κ2) is 4.36. The average Bonchev–Trinajstić information content (AvgIpc) is 2.73. The largest absolute Gasteiger partial charge is 0.392 e. The highest BCUT2D eigenvalue weighted by Gasteiger charge is 2.36. The lowest BCUT2D eigenvalue weighted by molar-refractivity contribution is 0.0999. The van der Waals surface area contributed by atoms with Gasteiger partial charge in [0.25, 0.3) is 0 Å². The van der Waals surface area contributed by atoms with Gasteiger partial charge in [-0.25, -0.2) is 0 Å². The van der Waals surface area contributed by atoms with E-state index in [1.54, 1.807) is 0 Å². The molecular formula is C13H22N2O. The van der Waals surface area contributed by atoms with Crippen molar-refractivity contribution in [2.75, 3.05) is 0 Å². The molecule has 2 saturated carbocycles. The monoisotopic (exact) mass is 222 g/mol. The summed E-state index contributed by atoms with van der Waals surface area (Å²) in [6.45, 7) is 0. The van der Waals surface area contributed by atoms with Crippen LogP contribution in [0.4, 0.5) is 0 Å². The van der Waals surface area contributed by atoms with Gasteiger partial charge in [0, 0.05) is 12.0 Å². The Bertz CT molecular complexity index is 290.